The predicted molar refractivity (Wildman–Crippen MR) is 118 cm³/mol. The number of benzene rings is 2. The van der Waals surface area contributed by atoms with Crippen molar-refractivity contribution in [3.05, 3.63) is 75.9 Å². The quantitative estimate of drug-likeness (QED) is 0.585. The summed E-state index contributed by atoms with van der Waals surface area (Å²) in [6.07, 6.45) is 1.79. The van der Waals surface area contributed by atoms with Crippen LogP contribution in [0.3, 0.4) is 0 Å². The minimum Gasteiger partial charge on any atom is -0.508 e. The molecule has 1 saturated heterocycles. The van der Waals surface area contributed by atoms with E-state index in [0.29, 0.717) is 21.5 Å². The second kappa shape index (κ2) is 9.25. The molecule has 1 aliphatic rings. The van der Waals surface area contributed by atoms with Gasteiger partial charge in [0, 0.05) is 42.6 Å². The van der Waals surface area contributed by atoms with Gasteiger partial charge in [-0.25, -0.2) is 0 Å². The number of nitrogens with zero attached hydrogens (tertiary/aromatic N) is 3. The van der Waals surface area contributed by atoms with Crippen molar-refractivity contribution >= 4 is 29.0 Å². The van der Waals surface area contributed by atoms with Gasteiger partial charge in [0.15, 0.2) is 5.82 Å². The van der Waals surface area contributed by atoms with Crippen LogP contribution in [-0.2, 0) is 0 Å². The fourth-order valence-corrected chi connectivity index (χ4v) is 3.52. The summed E-state index contributed by atoms with van der Waals surface area (Å²) in [7, 11) is 0. The van der Waals surface area contributed by atoms with E-state index < -0.39 is 0 Å². The molecule has 0 amide bonds. The van der Waals surface area contributed by atoms with E-state index in [1.54, 1.807) is 42.5 Å². The molecule has 0 atom stereocenters. The number of rotatable bonds is 3. The fourth-order valence-electron chi connectivity index (χ4n) is 3.19. The van der Waals surface area contributed by atoms with Gasteiger partial charge in [0.2, 0.25) is 0 Å². The molecule has 0 unspecified atom stereocenters. The highest BCUT2D eigenvalue weighted by Gasteiger charge is 2.22. The molecule has 30 heavy (non-hydrogen) atoms. The zero-order chi connectivity index (χ0) is 20.9. The minimum atomic E-state index is 0.0839. The standard InChI is InChI=1S/C23H19Cl2N3O2/c24-17-4-9-21(25)22(15-17)30-20-11-13-28(14-12-20)23-10-6-18(26-27-23)5-1-16-2-7-19(29)8-3-16/h2-4,6-10,15,20,29H,11-14H2. The molecule has 0 aliphatic carbocycles. The van der Waals surface area contributed by atoms with E-state index in [1.165, 1.54) is 0 Å². The van der Waals surface area contributed by atoms with Gasteiger partial charge in [-0.1, -0.05) is 29.1 Å². The number of aromatic nitrogens is 2. The lowest BCUT2D eigenvalue weighted by Gasteiger charge is -2.32. The molecule has 152 valence electrons. The molecule has 1 N–H and O–H groups in total. The summed E-state index contributed by atoms with van der Waals surface area (Å²) in [4.78, 5) is 2.18. The van der Waals surface area contributed by atoms with E-state index in [9.17, 15) is 5.11 Å². The molecule has 2 heterocycles. The summed E-state index contributed by atoms with van der Waals surface area (Å²) >= 11 is 12.2. The highest BCUT2D eigenvalue weighted by molar-refractivity contribution is 6.34. The lowest BCUT2D eigenvalue weighted by atomic mass is 10.1. The van der Waals surface area contributed by atoms with Gasteiger partial charge in [-0.3, -0.25) is 0 Å². The molecule has 2 aromatic carbocycles. The summed E-state index contributed by atoms with van der Waals surface area (Å²) in [5.74, 6) is 7.66. The minimum absolute atomic E-state index is 0.0839. The number of phenols is 1. The van der Waals surface area contributed by atoms with Crippen LogP contribution in [0.2, 0.25) is 10.0 Å². The maximum Gasteiger partial charge on any atom is 0.151 e. The van der Waals surface area contributed by atoms with Crippen molar-refractivity contribution in [2.24, 2.45) is 0 Å². The van der Waals surface area contributed by atoms with Crippen molar-refractivity contribution < 1.29 is 9.84 Å². The van der Waals surface area contributed by atoms with Gasteiger partial charge in [0.05, 0.1) is 5.02 Å². The van der Waals surface area contributed by atoms with Crippen LogP contribution in [-0.4, -0.2) is 34.5 Å². The van der Waals surface area contributed by atoms with E-state index in [-0.39, 0.29) is 11.9 Å². The number of hydrogen-bond donors (Lipinski definition) is 1. The first kappa shape index (κ1) is 20.3. The Balaban J connectivity index is 1.34. The van der Waals surface area contributed by atoms with Crippen molar-refractivity contribution in [1.82, 2.24) is 10.2 Å². The highest BCUT2D eigenvalue weighted by Crippen LogP contribution is 2.30. The Kier molecular flexibility index (Phi) is 6.27. The summed E-state index contributed by atoms with van der Waals surface area (Å²) in [6, 6.07) is 15.8. The monoisotopic (exact) mass is 439 g/mol. The first-order chi connectivity index (χ1) is 14.6. The van der Waals surface area contributed by atoms with Crippen LogP contribution in [0.1, 0.15) is 24.1 Å². The third-order valence-corrected chi connectivity index (χ3v) is 5.35. The van der Waals surface area contributed by atoms with Gasteiger partial charge in [-0.2, -0.15) is 0 Å². The number of hydrogen-bond acceptors (Lipinski definition) is 5. The van der Waals surface area contributed by atoms with Crippen molar-refractivity contribution in [3.8, 4) is 23.3 Å². The summed E-state index contributed by atoms with van der Waals surface area (Å²) in [6.45, 7) is 1.63. The maximum absolute atomic E-state index is 9.32. The summed E-state index contributed by atoms with van der Waals surface area (Å²) in [5.41, 5.74) is 1.40. The van der Waals surface area contributed by atoms with Crippen molar-refractivity contribution in [2.45, 2.75) is 18.9 Å². The highest BCUT2D eigenvalue weighted by atomic mass is 35.5. The molecular weight excluding hydrogens is 421 g/mol. The Morgan fingerprint density at radius 3 is 2.40 bits per heavy atom. The number of piperidine rings is 1. The SMILES string of the molecule is Oc1ccc(C#Cc2ccc(N3CCC(Oc4cc(Cl)ccc4Cl)CC3)nn2)cc1. The second-order valence-corrected chi connectivity index (χ2v) is 7.80. The molecule has 0 bridgehead atoms. The Morgan fingerprint density at radius 2 is 1.70 bits per heavy atom. The molecule has 5 nitrogen and oxygen atoms in total. The smallest absolute Gasteiger partial charge is 0.151 e. The van der Waals surface area contributed by atoms with Crippen molar-refractivity contribution in [1.29, 1.82) is 0 Å². The topological polar surface area (TPSA) is 58.5 Å². The molecule has 0 radical (unpaired) electrons. The van der Waals surface area contributed by atoms with E-state index in [0.717, 1.165) is 37.3 Å². The van der Waals surface area contributed by atoms with E-state index >= 15 is 0 Å². The summed E-state index contributed by atoms with van der Waals surface area (Å²) < 4.78 is 6.04. The fraction of sp³-hybridized carbons (Fsp3) is 0.217. The van der Waals surface area contributed by atoms with Crippen molar-refractivity contribution in [3.63, 3.8) is 0 Å². The molecule has 7 heteroatoms. The zero-order valence-electron chi connectivity index (χ0n) is 16.1. The molecule has 1 aliphatic heterocycles. The average Bonchev–Trinajstić information content (AvgIpc) is 2.77. The number of ether oxygens (including phenoxy) is 1. The molecule has 4 rings (SSSR count). The van der Waals surface area contributed by atoms with Gasteiger partial charge < -0.3 is 14.7 Å². The number of halogens is 2. The zero-order valence-corrected chi connectivity index (χ0v) is 17.6. The molecule has 1 fully saturated rings. The largest absolute Gasteiger partial charge is 0.508 e. The number of aromatic hydroxyl groups is 1. The van der Waals surface area contributed by atoms with Gasteiger partial charge in [0.1, 0.15) is 23.3 Å². The van der Waals surface area contributed by atoms with Crippen LogP contribution in [0.5, 0.6) is 11.5 Å². The van der Waals surface area contributed by atoms with E-state index in [1.807, 2.05) is 12.1 Å². The Bertz CT molecular complexity index is 1070. The maximum atomic E-state index is 9.32. The van der Waals surface area contributed by atoms with Crippen LogP contribution in [0.4, 0.5) is 5.82 Å². The van der Waals surface area contributed by atoms with Crippen LogP contribution in [0, 0.1) is 11.8 Å². The predicted octanol–water partition coefficient (Wildman–Crippen LogP) is 4.94. The van der Waals surface area contributed by atoms with Gasteiger partial charge in [-0.05, 0) is 54.5 Å². The van der Waals surface area contributed by atoms with E-state index in [4.69, 9.17) is 27.9 Å². The summed E-state index contributed by atoms with van der Waals surface area (Å²) in [5, 5.41) is 19.0. The lowest BCUT2D eigenvalue weighted by Crippen LogP contribution is -2.38. The molecule has 0 spiro atoms. The van der Waals surface area contributed by atoms with Gasteiger partial charge in [-0.15, -0.1) is 10.2 Å². The van der Waals surface area contributed by atoms with Crippen LogP contribution in [0.25, 0.3) is 0 Å². The number of anilines is 1. The van der Waals surface area contributed by atoms with Gasteiger partial charge in [0.25, 0.3) is 0 Å². The van der Waals surface area contributed by atoms with Crippen LogP contribution >= 0.6 is 23.2 Å². The Hall–Kier alpha value is -2.94. The van der Waals surface area contributed by atoms with E-state index in [2.05, 4.69) is 26.9 Å². The van der Waals surface area contributed by atoms with Crippen LogP contribution in [0.15, 0.2) is 54.6 Å². The molecule has 0 saturated carbocycles. The molecular formula is C23H19Cl2N3O2. The average molecular weight is 440 g/mol. The normalized spacial score (nSPS) is 14.1. The molecule has 3 aromatic rings. The van der Waals surface area contributed by atoms with Crippen LogP contribution < -0.4 is 9.64 Å². The Labute approximate surface area is 185 Å². The number of phenolic OH excluding ortho intramolecular Hbond substituents is 1. The third-order valence-electron chi connectivity index (χ3n) is 4.81. The van der Waals surface area contributed by atoms with Crippen molar-refractivity contribution in [2.75, 3.05) is 18.0 Å². The third kappa shape index (κ3) is 5.15. The Morgan fingerprint density at radius 1 is 0.933 bits per heavy atom. The first-order valence-corrected chi connectivity index (χ1v) is 10.3. The lowest BCUT2D eigenvalue weighted by molar-refractivity contribution is 0.171. The van der Waals surface area contributed by atoms with Gasteiger partial charge >= 0.3 is 0 Å². The second-order valence-electron chi connectivity index (χ2n) is 6.95. The molecule has 1 aromatic heterocycles. The first-order valence-electron chi connectivity index (χ1n) is 9.58.